The molecule has 2 bridgehead atoms. The topological polar surface area (TPSA) is 55.2 Å². The lowest BCUT2D eigenvalue weighted by Gasteiger charge is -2.58. The number of nitrogens with zero attached hydrogens (tertiary/aromatic N) is 3. The fourth-order valence-electron chi connectivity index (χ4n) is 6.19. The number of aliphatic hydroxyl groups is 1. The first kappa shape index (κ1) is 23.7. The van der Waals surface area contributed by atoms with E-state index in [4.69, 9.17) is 4.74 Å². The number of pyridine rings is 2. The second kappa shape index (κ2) is 9.41. The lowest BCUT2D eigenvalue weighted by molar-refractivity contribution is -0.984. The average molecular weight is 466 g/mol. The molecule has 1 N–H and O–H groups in total. The minimum Gasteiger partial charge on any atom is -1.00 e. The monoisotopic (exact) mass is 465 g/mol. The van der Waals surface area contributed by atoms with Gasteiger partial charge < -0.3 is 26.7 Å². The largest absolute Gasteiger partial charge is 1.00 e. The maximum Gasteiger partial charge on any atom is 0.131 e. The number of quaternary nitrogens is 1. The van der Waals surface area contributed by atoms with Crippen molar-refractivity contribution in [3.8, 4) is 5.75 Å². The molecule has 1 unspecified atom stereocenters. The quantitative estimate of drug-likeness (QED) is 0.444. The number of hydrogen-bond donors (Lipinski definition) is 1. The van der Waals surface area contributed by atoms with Crippen LogP contribution in [-0.4, -0.2) is 45.8 Å². The molecule has 5 nitrogen and oxygen atoms in total. The fourth-order valence-corrected chi connectivity index (χ4v) is 6.19. The Labute approximate surface area is 202 Å². The molecular weight excluding hydrogens is 434 g/mol. The van der Waals surface area contributed by atoms with E-state index in [2.05, 4.69) is 34.8 Å². The molecule has 6 heteroatoms. The highest BCUT2D eigenvalue weighted by Crippen LogP contribution is 2.48. The number of benzene rings is 1. The first-order valence-electron chi connectivity index (χ1n) is 11.5. The van der Waals surface area contributed by atoms with Crippen LogP contribution in [0.5, 0.6) is 5.75 Å². The minimum absolute atomic E-state index is 0. The molecule has 1 aromatic carbocycles. The molecule has 174 valence electrons. The van der Waals surface area contributed by atoms with Crippen molar-refractivity contribution in [1.82, 2.24) is 9.97 Å². The highest BCUT2D eigenvalue weighted by atomic mass is 35.5. The van der Waals surface area contributed by atoms with Crippen molar-refractivity contribution in [3.63, 3.8) is 0 Å². The summed E-state index contributed by atoms with van der Waals surface area (Å²) in [5, 5.41) is 12.8. The summed E-state index contributed by atoms with van der Waals surface area (Å²) in [7, 11) is 1.67. The summed E-state index contributed by atoms with van der Waals surface area (Å²) in [6.07, 6.45) is 7.49. The molecule has 3 aliphatic rings. The SMILES string of the molecule is C=C[C@H]1C[N+]2(Cc3ccnc(C)c3)CC[C@H]1C[C@H]2[C@H](O)c1ccnc2ccc(OC)cc12.[Cl-]. The van der Waals surface area contributed by atoms with Crippen LogP contribution in [0.1, 0.15) is 35.8 Å². The highest BCUT2D eigenvalue weighted by Gasteiger charge is 2.54. The van der Waals surface area contributed by atoms with Gasteiger partial charge in [0, 0.05) is 47.8 Å². The van der Waals surface area contributed by atoms with Crippen molar-refractivity contribution < 1.29 is 26.7 Å². The molecule has 6 rings (SSSR count). The van der Waals surface area contributed by atoms with E-state index in [9.17, 15) is 5.11 Å². The Morgan fingerprint density at radius 2 is 2.03 bits per heavy atom. The molecule has 5 atom stereocenters. The number of hydrogen-bond acceptors (Lipinski definition) is 4. The Bertz CT molecular complexity index is 1150. The summed E-state index contributed by atoms with van der Waals surface area (Å²) >= 11 is 0. The normalized spacial score (nSPS) is 27.1. The number of methoxy groups -OCH3 is 1. The summed E-state index contributed by atoms with van der Waals surface area (Å²) in [5.41, 5.74) is 4.17. The predicted octanol–water partition coefficient (Wildman–Crippen LogP) is 1.60. The number of aliphatic hydroxyl groups excluding tert-OH is 1. The predicted molar refractivity (Wildman–Crippen MR) is 126 cm³/mol. The van der Waals surface area contributed by atoms with Crippen molar-refractivity contribution >= 4 is 10.9 Å². The van der Waals surface area contributed by atoms with E-state index in [0.29, 0.717) is 11.8 Å². The van der Waals surface area contributed by atoms with Gasteiger partial charge in [-0.1, -0.05) is 6.08 Å². The van der Waals surface area contributed by atoms with Crippen molar-refractivity contribution in [2.24, 2.45) is 11.8 Å². The van der Waals surface area contributed by atoms with E-state index in [1.165, 1.54) is 12.0 Å². The molecule has 3 aromatic rings. The van der Waals surface area contributed by atoms with Gasteiger partial charge in [-0.25, -0.2) is 0 Å². The molecule has 0 aliphatic carbocycles. The van der Waals surface area contributed by atoms with Gasteiger partial charge in [-0.3, -0.25) is 9.97 Å². The van der Waals surface area contributed by atoms with Crippen LogP contribution in [0.2, 0.25) is 0 Å². The van der Waals surface area contributed by atoms with E-state index < -0.39 is 6.10 Å². The first-order valence-corrected chi connectivity index (χ1v) is 11.5. The van der Waals surface area contributed by atoms with Gasteiger partial charge in [0.2, 0.25) is 0 Å². The third-order valence-corrected chi connectivity index (χ3v) is 7.80. The standard InChI is InChI=1S/C27H32N3O2.ClH/c1-4-20-17-30(16-19-7-10-28-18(2)13-19)12-9-21(20)14-26(30)27(31)23-8-11-29-25-6-5-22(32-3)15-24(23)25;/h4-8,10-11,13,15,20-21,26-27,31H,1,9,12,14,16-17H2,2-3H3;1H/q+1;/p-1/t20-,21-,26-,27+,30?;/m0./s1. The van der Waals surface area contributed by atoms with E-state index >= 15 is 0 Å². The van der Waals surface area contributed by atoms with Crippen LogP contribution < -0.4 is 17.1 Å². The average Bonchev–Trinajstić information content (AvgIpc) is 2.82. The van der Waals surface area contributed by atoms with Gasteiger partial charge in [-0.15, -0.1) is 6.58 Å². The van der Waals surface area contributed by atoms with Crippen LogP contribution in [0.15, 0.2) is 61.4 Å². The molecule has 2 aromatic heterocycles. The van der Waals surface area contributed by atoms with Gasteiger partial charge in [-0.2, -0.15) is 0 Å². The van der Waals surface area contributed by atoms with Crippen LogP contribution >= 0.6 is 0 Å². The Balaban J connectivity index is 0.00000259. The maximum atomic E-state index is 11.9. The molecule has 33 heavy (non-hydrogen) atoms. The van der Waals surface area contributed by atoms with Crippen molar-refractivity contribution in [2.45, 2.75) is 38.5 Å². The Morgan fingerprint density at radius 1 is 1.21 bits per heavy atom. The third kappa shape index (κ3) is 4.25. The Hall–Kier alpha value is -2.47. The number of ether oxygens (including phenoxy) is 1. The molecular formula is C27H32ClN3O2. The van der Waals surface area contributed by atoms with Crippen molar-refractivity contribution in [3.05, 3.63) is 78.3 Å². The van der Waals surface area contributed by atoms with E-state index in [-0.39, 0.29) is 18.4 Å². The van der Waals surface area contributed by atoms with Gasteiger partial charge in [-0.05, 0) is 54.8 Å². The third-order valence-electron chi connectivity index (χ3n) is 7.80. The molecule has 0 amide bonds. The summed E-state index contributed by atoms with van der Waals surface area (Å²) < 4.78 is 6.35. The molecule has 0 radical (unpaired) electrons. The zero-order valence-corrected chi connectivity index (χ0v) is 20.1. The number of piperidine rings is 3. The Kier molecular flexibility index (Phi) is 6.76. The van der Waals surface area contributed by atoms with Gasteiger partial charge in [0.05, 0.1) is 25.7 Å². The van der Waals surface area contributed by atoms with Crippen LogP contribution in [0.3, 0.4) is 0 Å². The molecule has 0 spiro atoms. The van der Waals surface area contributed by atoms with E-state index in [0.717, 1.165) is 58.4 Å². The number of aromatic nitrogens is 2. The van der Waals surface area contributed by atoms with E-state index in [1.807, 2.05) is 43.6 Å². The summed E-state index contributed by atoms with van der Waals surface area (Å²) in [4.78, 5) is 8.90. The number of aryl methyl sites for hydroxylation is 1. The molecule has 3 fully saturated rings. The fraction of sp³-hybridized carbons (Fsp3) is 0.407. The first-order chi connectivity index (χ1) is 15.5. The summed E-state index contributed by atoms with van der Waals surface area (Å²) in [5.74, 6) is 1.88. The van der Waals surface area contributed by atoms with Crippen LogP contribution in [0.4, 0.5) is 0 Å². The lowest BCUT2D eigenvalue weighted by Crippen LogP contribution is -3.00. The van der Waals surface area contributed by atoms with Crippen LogP contribution in [0, 0.1) is 18.8 Å². The van der Waals surface area contributed by atoms with Gasteiger partial charge in [0.1, 0.15) is 24.4 Å². The van der Waals surface area contributed by atoms with E-state index in [1.54, 1.807) is 7.11 Å². The minimum atomic E-state index is -0.566. The summed E-state index contributed by atoms with van der Waals surface area (Å²) in [6, 6.07) is 12.3. The van der Waals surface area contributed by atoms with Crippen LogP contribution in [0.25, 0.3) is 10.9 Å². The smallest absolute Gasteiger partial charge is 0.131 e. The second-order valence-corrected chi connectivity index (χ2v) is 9.57. The molecule has 5 heterocycles. The van der Waals surface area contributed by atoms with Crippen LogP contribution in [-0.2, 0) is 6.54 Å². The highest BCUT2D eigenvalue weighted by molar-refractivity contribution is 5.83. The van der Waals surface area contributed by atoms with Crippen molar-refractivity contribution in [1.29, 1.82) is 0 Å². The van der Waals surface area contributed by atoms with Crippen molar-refractivity contribution in [2.75, 3.05) is 20.2 Å². The lowest BCUT2D eigenvalue weighted by atomic mass is 9.71. The zero-order chi connectivity index (χ0) is 22.3. The van der Waals surface area contributed by atoms with Gasteiger partial charge in [0.15, 0.2) is 0 Å². The maximum absolute atomic E-state index is 11.9. The molecule has 0 saturated carbocycles. The summed E-state index contributed by atoms with van der Waals surface area (Å²) in [6.45, 7) is 9.21. The number of halogens is 1. The zero-order valence-electron chi connectivity index (χ0n) is 19.3. The second-order valence-electron chi connectivity index (χ2n) is 9.57. The molecule has 3 aliphatic heterocycles. The Morgan fingerprint density at radius 3 is 2.79 bits per heavy atom. The number of fused-ring (bicyclic) bond motifs is 4. The van der Waals surface area contributed by atoms with Gasteiger partial charge >= 0.3 is 0 Å². The molecule has 3 saturated heterocycles. The van der Waals surface area contributed by atoms with Gasteiger partial charge in [0.25, 0.3) is 0 Å². The number of rotatable bonds is 6.